The summed E-state index contributed by atoms with van der Waals surface area (Å²) in [5.41, 5.74) is 0.302. The predicted molar refractivity (Wildman–Crippen MR) is 78.0 cm³/mol. The van der Waals surface area contributed by atoms with Gasteiger partial charge < -0.3 is 4.52 Å². The topological polar surface area (TPSA) is 85.1 Å². The second kappa shape index (κ2) is 5.05. The summed E-state index contributed by atoms with van der Waals surface area (Å²) in [6, 6.07) is 0.112. The van der Waals surface area contributed by atoms with Crippen LogP contribution in [0.25, 0.3) is 0 Å². The fourth-order valence-corrected chi connectivity index (χ4v) is 3.97. The van der Waals surface area contributed by atoms with E-state index in [1.165, 1.54) is 0 Å². The van der Waals surface area contributed by atoms with Crippen molar-refractivity contribution in [1.29, 1.82) is 0 Å². The van der Waals surface area contributed by atoms with E-state index >= 15 is 0 Å². The van der Waals surface area contributed by atoms with Gasteiger partial charge in [0.1, 0.15) is 5.75 Å². The SMILES string of the molecule is CC(C)(C)C1CC(c2nc(CS(=O)(=O)NC3CC3)no2)C1. The lowest BCUT2D eigenvalue weighted by atomic mass is 9.63. The molecule has 0 aliphatic heterocycles. The van der Waals surface area contributed by atoms with Crippen LogP contribution in [0.2, 0.25) is 0 Å². The van der Waals surface area contributed by atoms with Crippen LogP contribution in [0.5, 0.6) is 0 Å². The van der Waals surface area contributed by atoms with Crippen molar-refractivity contribution in [1.82, 2.24) is 14.9 Å². The first-order chi connectivity index (χ1) is 9.73. The maximum Gasteiger partial charge on any atom is 0.229 e. The van der Waals surface area contributed by atoms with E-state index in [9.17, 15) is 8.42 Å². The minimum absolute atomic E-state index is 0.112. The summed E-state index contributed by atoms with van der Waals surface area (Å²) < 4.78 is 31.6. The Morgan fingerprint density at radius 1 is 1.29 bits per heavy atom. The number of nitrogens with zero attached hydrogens (tertiary/aromatic N) is 2. The van der Waals surface area contributed by atoms with Crippen LogP contribution in [0.15, 0.2) is 4.52 Å². The first-order valence-electron chi connectivity index (χ1n) is 7.55. The molecule has 0 atom stereocenters. The summed E-state index contributed by atoms with van der Waals surface area (Å²) in [4.78, 5) is 4.26. The van der Waals surface area contributed by atoms with Gasteiger partial charge in [0, 0.05) is 12.0 Å². The Hall–Kier alpha value is -0.950. The van der Waals surface area contributed by atoms with E-state index in [4.69, 9.17) is 4.52 Å². The molecule has 0 saturated heterocycles. The highest BCUT2D eigenvalue weighted by molar-refractivity contribution is 7.88. The standard InChI is InChI=1S/C14H23N3O3S/c1-14(2,3)10-6-9(7-10)13-15-12(16-20-13)8-21(18,19)17-11-4-5-11/h9-11,17H,4-8H2,1-3H3. The molecule has 1 aromatic rings. The van der Waals surface area contributed by atoms with Crippen molar-refractivity contribution in [2.24, 2.45) is 11.3 Å². The summed E-state index contributed by atoms with van der Waals surface area (Å²) in [5, 5.41) is 3.81. The third kappa shape index (κ3) is 3.63. The average molecular weight is 313 g/mol. The largest absolute Gasteiger partial charge is 0.339 e. The molecule has 7 heteroatoms. The van der Waals surface area contributed by atoms with Gasteiger partial charge in [-0.15, -0.1) is 0 Å². The Morgan fingerprint density at radius 3 is 2.52 bits per heavy atom. The Balaban J connectivity index is 1.57. The zero-order chi connectivity index (χ0) is 15.3. The van der Waals surface area contributed by atoms with E-state index < -0.39 is 10.0 Å². The van der Waals surface area contributed by atoms with Gasteiger partial charge in [0.15, 0.2) is 5.82 Å². The van der Waals surface area contributed by atoms with Gasteiger partial charge in [0.05, 0.1) is 0 Å². The highest BCUT2D eigenvalue weighted by Crippen LogP contribution is 2.49. The smallest absolute Gasteiger partial charge is 0.229 e. The van der Waals surface area contributed by atoms with Crippen LogP contribution in [0.3, 0.4) is 0 Å². The van der Waals surface area contributed by atoms with Crippen molar-refractivity contribution in [2.75, 3.05) is 0 Å². The molecule has 2 aliphatic carbocycles. The summed E-state index contributed by atoms with van der Waals surface area (Å²) in [6.07, 6.45) is 3.93. The van der Waals surface area contributed by atoms with Gasteiger partial charge >= 0.3 is 0 Å². The molecule has 1 aromatic heterocycles. The van der Waals surface area contributed by atoms with Crippen LogP contribution in [0.1, 0.15) is 64.1 Å². The first-order valence-corrected chi connectivity index (χ1v) is 9.20. The van der Waals surface area contributed by atoms with Crippen LogP contribution in [0.4, 0.5) is 0 Å². The monoisotopic (exact) mass is 313 g/mol. The van der Waals surface area contributed by atoms with Crippen LogP contribution < -0.4 is 4.72 Å². The lowest BCUT2D eigenvalue weighted by Crippen LogP contribution is -2.32. The molecule has 0 amide bonds. The van der Waals surface area contributed by atoms with Crippen LogP contribution in [0, 0.1) is 11.3 Å². The lowest BCUT2D eigenvalue weighted by Gasteiger charge is -2.42. The summed E-state index contributed by atoms with van der Waals surface area (Å²) >= 11 is 0. The Kier molecular flexibility index (Phi) is 3.60. The molecule has 3 rings (SSSR count). The number of sulfonamides is 1. The Morgan fingerprint density at radius 2 is 1.95 bits per heavy atom. The van der Waals surface area contributed by atoms with Gasteiger partial charge in [-0.2, -0.15) is 4.98 Å². The van der Waals surface area contributed by atoms with Crippen molar-refractivity contribution >= 4 is 10.0 Å². The first kappa shape index (κ1) is 15.0. The molecule has 1 N–H and O–H groups in total. The minimum Gasteiger partial charge on any atom is -0.339 e. The van der Waals surface area contributed by atoms with Gasteiger partial charge in [-0.05, 0) is 37.0 Å². The number of hydrogen-bond acceptors (Lipinski definition) is 5. The van der Waals surface area contributed by atoms with Gasteiger partial charge in [-0.3, -0.25) is 0 Å². The number of rotatable bonds is 5. The molecule has 0 bridgehead atoms. The number of hydrogen-bond donors (Lipinski definition) is 1. The molecule has 1 heterocycles. The molecular weight excluding hydrogens is 290 g/mol. The highest BCUT2D eigenvalue weighted by Gasteiger charge is 2.40. The normalized spacial score (nSPS) is 26.6. The second-order valence-electron chi connectivity index (χ2n) is 7.43. The van der Waals surface area contributed by atoms with Crippen molar-refractivity contribution in [3.63, 3.8) is 0 Å². The van der Waals surface area contributed by atoms with Crippen LogP contribution >= 0.6 is 0 Å². The number of aromatic nitrogens is 2. The van der Waals surface area contributed by atoms with Crippen LogP contribution in [-0.2, 0) is 15.8 Å². The molecule has 118 valence electrons. The summed E-state index contributed by atoms with van der Waals surface area (Å²) in [5.74, 6) is 1.61. The van der Waals surface area contributed by atoms with Gasteiger partial charge in [-0.1, -0.05) is 25.9 Å². The third-order valence-corrected chi connectivity index (χ3v) is 5.77. The van der Waals surface area contributed by atoms with Crippen molar-refractivity contribution in [3.8, 4) is 0 Å². The molecular formula is C14H23N3O3S. The van der Waals surface area contributed by atoms with Crippen LogP contribution in [-0.4, -0.2) is 24.6 Å². The van der Waals surface area contributed by atoms with Crippen molar-refractivity contribution in [2.45, 2.75) is 64.2 Å². The van der Waals surface area contributed by atoms with E-state index in [1.54, 1.807) is 0 Å². The highest BCUT2D eigenvalue weighted by atomic mass is 32.2. The quantitative estimate of drug-likeness (QED) is 0.900. The lowest BCUT2D eigenvalue weighted by molar-refractivity contribution is 0.0982. The molecule has 0 unspecified atom stereocenters. The fraction of sp³-hybridized carbons (Fsp3) is 0.857. The van der Waals surface area contributed by atoms with E-state index in [0.29, 0.717) is 17.2 Å². The van der Waals surface area contributed by atoms with Crippen molar-refractivity contribution < 1.29 is 12.9 Å². The van der Waals surface area contributed by atoms with E-state index in [1.807, 2.05) is 0 Å². The van der Waals surface area contributed by atoms with Gasteiger partial charge in [0.2, 0.25) is 15.9 Å². The zero-order valence-corrected chi connectivity index (χ0v) is 13.6. The summed E-state index contributed by atoms with van der Waals surface area (Å²) in [6.45, 7) is 6.72. The molecule has 0 aromatic carbocycles. The minimum atomic E-state index is -3.34. The number of nitrogens with one attached hydrogen (secondary N) is 1. The zero-order valence-electron chi connectivity index (χ0n) is 12.8. The van der Waals surface area contributed by atoms with E-state index in [2.05, 4.69) is 35.6 Å². The second-order valence-corrected chi connectivity index (χ2v) is 9.19. The maximum atomic E-state index is 11.9. The molecule has 21 heavy (non-hydrogen) atoms. The third-order valence-electron chi connectivity index (χ3n) is 4.44. The molecule has 2 aliphatic rings. The molecule has 2 fully saturated rings. The molecule has 0 spiro atoms. The van der Waals surface area contributed by atoms with Gasteiger partial charge in [0.25, 0.3) is 0 Å². The Bertz CT molecular complexity index is 608. The fourth-order valence-electron chi connectivity index (χ4n) is 2.69. The predicted octanol–water partition coefficient (Wildman–Crippen LogP) is 2.19. The van der Waals surface area contributed by atoms with E-state index in [-0.39, 0.29) is 23.5 Å². The average Bonchev–Trinajstić information content (AvgIpc) is 2.93. The summed E-state index contributed by atoms with van der Waals surface area (Å²) in [7, 11) is -3.34. The van der Waals surface area contributed by atoms with Gasteiger partial charge in [-0.25, -0.2) is 13.1 Å². The van der Waals surface area contributed by atoms with E-state index in [0.717, 1.165) is 25.7 Å². The Labute approximate surface area is 125 Å². The molecule has 2 saturated carbocycles. The molecule has 0 radical (unpaired) electrons. The maximum absolute atomic E-state index is 11.9. The van der Waals surface area contributed by atoms with Crippen molar-refractivity contribution in [3.05, 3.63) is 11.7 Å². The molecule has 6 nitrogen and oxygen atoms in total.